The fourth-order valence-electron chi connectivity index (χ4n) is 3.51. The second-order valence-electron chi connectivity index (χ2n) is 6.17. The van der Waals surface area contributed by atoms with Crippen LogP contribution in [0.2, 0.25) is 0 Å². The standard InChI is InChI=1S/C20H18N2O4S/c23-8-6-21-16-13-5-10-27-20(13)17(22-7-9-24)15-14(16)18(25)11-3-1-2-4-12(11)19(15)26/h1-5,10,21-24H,6-9H2. The lowest BCUT2D eigenvalue weighted by Gasteiger charge is -2.25. The lowest BCUT2D eigenvalue weighted by Crippen LogP contribution is -2.25. The van der Waals surface area contributed by atoms with Crippen LogP contribution < -0.4 is 10.6 Å². The molecule has 4 N–H and O–H groups in total. The van der Waals surface area contributed by atoms with E-state index in [1.165, 1.54) is 11.3 Å². The lowest BCUT2D eigenvalue weighted by atomic mass is 9.81. The minimum atomic E-state index is -0.221. The maximum atomic E-state index is 13.3. The monoisotopic (exact) mass is 382 g/mol. The highest BCUT2D eigenvalue weighted by Crippen LogP contribution is 2.44. The summed E-state index contributed by atoms with van der Waals surface area (Å²) in [5, 5.41) is 27.5. The number of aliphatic hydroxyl groups is 2. The van der Waals surface area contributed by atoms with Crippen molar-refractivity contribution in [3.05, 3.63) is 58.0 Å². The number of aliphatic hydroxyl groups excluding tert-OH is 2. The number of nitrogens with one attached hydrogen (secondary N) is 2. The van der Waals surface area contributed by atoms with Crippen molar-refractivity contribution in [1.29, 1.82) is 0 Å². The second kappa shape index (κ2) is 7.11. The van der Waals surface area contributed by atoms with Crippen molar-refractivity contribution in [2.45, 2.75) is 0 Å². The number of fused-ring (bicyclic) bond motifs is 3. The molecule has 0 spiro atoms. The fraction of sp³-hybridized carbons (Fsp3) is 0.200. The first kappa shape index (κ1) is 17.7. The molecule has 0 bridgehead atoms. The summed E-state index contributed by atoms with van der Waals surface area (Å²) in [5.41, 5.74) is 2.54. The molecular formula is C20H18N2O4S. The zero-order valence-electron chi connectivity index (χ0n) is 14.4. The first-order chi connectivity index (χ1) is 13.2. The van der Waals surface area contributed by atoms with Gasteiger partial charge in [0.25, 0.3) is 0 Å². The molecule has 4 rings (SSSR count). The SMILES string of the molecule is O=C1c2ccccc2C(=O)c2c1c(NCCO)c1ccsc1c2NCCO. The molecule has 0 atom stereocenters. The van der Waals surface area contributed by atoms with Gasteiger partial charge in [-0.25, -0.2) is 0 Å². The van der Waals surface area contributed by atoms with Crippen molar-refractivity contribution in [2.75, 3.05) is 36.9 Å². The number of carbonyl (C=O) groups excluding carboxylic acids is 2. The van der Waals surface area contributed by atoms with Crippen LogP contribution in [0.4, 0.5) is 11.4 Å². The maximum absolute atomic E-state index is 13.3. The molecule has 0 amide bonds. The minimum Gasteiger partial charge on any atom is -0.395 e. The molecule has 0 saturated heterocycles. The van der Waals surface area contributed by atoms with E-state index in [-0.39, 0.29) is 37.9 Å². The van der Waals surface area contributed by atoms with Gasteiger partial charge in [-0.3, -0.25) is 9.59 Å². The third-order valence-corrected chi connectivity index (χ3v) is 5.54. The van der Waals surface area contributed by atoms with Crippen LogP contribution in [0.3, 0.4) is 0 Å². The first-order valence-corrected chi connectivity index (χ1v) is 9.52. The molecule has 0 radical (unpaired) electrons. The van der Waals surface area contributed by atoms with Gasteiger partial charge in [0.2, 0.25) is 0 Å². The van der Waals surface area contributed by atoms with Crippen LogP contribution in [0.25, 0.3) is 10.1 Å². The van der Waals surface area contributed by atoms with E-state index >= 15 is 0 Å². The first-order valence-electron chi connectivity index (χ1n) is 8.64. The van der Waals surface area contributed by atoms with Gasteiger partial charge in [-0.1, -0.05) is 24.3 Å². The summed E-state index contributed by atoms with van der Waals surface area (Å²) in [7, 11) is 0. The number of hydrogen-bond donors (Lipinski definition) is 4. The van der Waals surface area contributed by atoms with Crippen LogP contribution in [0, 0.1) is 0 Å². The predicted molar refractivity (Wildman–Crippen MR) is 106 cm³/mol. The summed E-state index contributed by atoms with van der Waals surface area (Å²) in [6.45, 7) is 0.352. The topological polar surface area (TPSA) is 98.7 Å². The summed E-state index contributed by atoms with van der Waals surface area (Å²) >= 11 is 1.46. The van der Waals surface area contributed by atoms with E-state index in [1.807, 2.05) is 11.4 Å². The molecule has 2 aromatic carbocycles. The van der Waals surface area contributed by atoms with Gasteiger partial charge in [0.1, 0.15) is 0 Å². The highest BCUT2D eigenvalue weighted by molar-refractivity contribution is 7.18. The van der Waals surface area contributed by atoms with Crippen LogP contribution in [0.5, 0.6) is 0 Å². The molecule has 0 fully saturated rings. The van der Waals surface area contributed by atoms with Crippen LogP contribution in [-0.2, 0) is 0 Å². The zero-order chi connectivity index (χ0) is 19.0. The van der Waals surface area contributed by atoms with Crippen LogP contribution in [0.1, 0.15) is 31.8 Å². The second-order valence-corrected chi connectivity index (χ2v) is 7.08. The van der Waals surface area contributed by atoms with Gasteiger partial charge < -0.3 is 20.8 Å². The third-order valence-electron chi connectivity index (χ3n) is 4.61. The Morgan fingerprint density at radius 3 is 1.96 bits per heavy atom. The normalized spacial score (nSPS) is 12.8. The molecule has 27 heavy (non-hydrogen) atoms. The molecule has 3 aromatic rings. The van der Waals surface area contributed by atoms with Crippen LogP contribution in [0.15, 0.2) is 35.7 Å². The minimum absolute atomic E-state index is 0.0924. The molecule has 1 aliphatic rings. The van der Waals surface area contributed by atoms with Crippen molar-refractivity contribution < 1.29 is 19.8 Å². The molecule has 0 saturated carbocycles. The van der Waals surface area contributed by atoms with E-state index in [0.717, 1.165) is 10.1 Å². The average molecular weight is 382 g/mol. The van der Waals surface area contributed by atoms with Gasteiger partial charge in [0, 0.05) is 29.6 Å². The maximum Gasteiger partial charge on any atom is 0.196 e. The lowest BCUT2D eigenvalue weighted by molar-refractivity contribution is 0.0980. The van der Waals surface area contributed by atoms with Crippen molar-refractivity contribution in [2.24, 2.45) is 0 Å². The Bertz CT molecular complexity index is 977. The number of benzene rings is 2. The zero-order valence-corrected chi connectivity index (χ0v) is 15.2. The van der Waals surface area contributed by atoms with E-state index in [0.29, 0.717) is 33.6 Å². The van der Waals surface area contributed by atoms with Gasteiger partial charge in [-0.05, 0) is 11.4 Å². The Balaban J connectivity index is 2.06. The average Bonchev–Trinajstić information content (AvgIpc) is 3.18. The molecule has 0 aliphatic heterocycles. The van der Waals surface area contributed by atoms with Crippen LogP contribution >= 0.6 is 11.3 Å². The van der Waals surface area contributed by atoms with E-state index in [2.05, 4.69) is 10.6 Å². The summed E-state index contributed by atoms with van der Waals surface area (Å²) in [6, 6.07) is 8.69. The van der Waals surface area contributed by atoms with Crippen LogP contribution in [-0.4, -0.2) is 48.1 Å². The van der Waals surface area contributed by atoms with E-state index in [4.69, 9.17) is 0 Å². The van der Waals surface area contributed by atoms with E-state index in [1.54, 1.807) is 24.3 Å². The number of anilines is 2. The molecule has 138 valence electrons. The molecule has 6 nitrogen and oxygen atoms in total. The molecule has 0 unspecified atom stereocenters. The summed E-state index contributed by atoms with van der Waals surface area (Å²) in [5.74, 6) is -0.441. The van der Waals surface area contributed by atoms with Gasteiger partial charge in [0.05, 0.1) is 40.4 Å². The molecule has 1 aromatic heterocycles. The number of thiophene rings is 1. The van der Waals surface area contributed by atoms with Crippen molar-refractivity contribution in [3.63, 3.8) is 0 Å². The summed E-state index contributed by atoms with van der Waals surface area (Å²) in [4.78, 5) is 26.6. The highest BCUT2D eigenvalue weighted by atomic mass is 32.1. The molecule has 1 heterocycles. The fourth-order valence-corrected chi connectivity index (χ4v) is 4.44. The van der Waals surface area contributed by atoms with E-state index < -0.39 is 0 Å². The smallest absolute Gasteiger partial charge is 0.196 e. The Morgan fingerprint density at radius 2 is 1.37 bits per heavy atom. The highest BCUT2D eigenvalue weighted by Gasteiger charge is 2.35. The Kier molecular flexibility index (Phi) is 4.65. The summed E-state index contributed by atoms with van der Waals surface area (Å²) in [6.07, 6.45) is 0. The third kappa shape index (κ3) is 2.71. The summed E-state index contributed by atoms with van der Waals surface area (Å²) < 4.78 is 0.836. The quantitative estimate of drug-likeness (QED) is 0.383. The largest absolute Gasteiger partial charge is 0.395 e. The van der Waals surface area contributed by atoms with Gasteiger partial charge in [0.15, 0.2) is 11.6 Å². The predicted octanol–water partition coefficient (Wildman–Crippen LogP) is 2.49. The van der Waals surface area contributed by atoms with Gasteiger partial charge in [-0.2, -0.15) is 0 Å². The number of hydrogen-bond acceptors (Lipinski definition) is 7. The van der Waals surface area contributed by atoms with Crippen molar-refractivity contribution >= 4 is 44.4 Å². The number of ketones is 2. The number of rotatable bonds is 6. The van der Waals surface area contributed by atoms with E-state index in [9.17, 15) is 19.8 Å². The van der Waals surface area contributed by atoms with Crippen molar-refractivity contribution in [3.8, 4) is 0 Å². The number of carbonyl (C=O) groups is 2. The molecular weight excluding hydrogens is 364 g/mol. The van der Waals surface area contributed by atoms with Gasteiger partial charge in [-0.15, -0.1) is 11.3 Å². The molecule has 7 heteroatoms. The Morgan fingerprint density at radius 1 is 0.815 bits per heavy atom. The Hall–Kier alpha value is -2.74. The van der Waals surface area contributed by atoms with Gasteiger partial charge >= 0.3 is 0 Å². The molecule has 1 aliphatic carbocycles. The Labute approximate surface area is 159 Å². The van der Waals surface area contributed by atoms with Crippen molar-refractivity contribution in [1.82, 2.24) is 0 Å².